The van der Waals surface area contributed by atoms with Crippen LogP contribution in [-0.2, 0) is 15.9 Å². The summed E-state index contributed by atoms with van der Waals surface area (Å²) in [5.74, 6) is 7.80. The number of fused-ring (bicyclic) bond motifs is 4. The molecule has 0 amide bonds. The zero-order valence-electron chi connectivity index (χ0n) is 18.2. The largest absolute Gasteiger partial charge is 0.376 e. The number of hydrogen-bond donors (Lipinski definition) is 1. The van der Waals surface area contributed by atoms with Gasteiger partial charge in [0.25, 0.3) is 0 Å². The number of hydrogen-bond acceptors (Lipinski definition) is 6. The van der Waals surface area contributed by atoms with Gasteiger partial charge in [0, 0.05) is 37.5 Å². The van der Waals surface area contributed by atoms with Gasteiger partial charge in [0.2, 0.25) is 0 Å². The lowest BCUT2D eigenvalue weighted by atomic mass is 9.75. The van der Waals surface area contributed by atoms with E-state index in [0.29, 0.717) is 19.8 Å². The van der Waals surface area contributed by atoms with Gasteiger partial charge in [0.15, 0.2) is 0 Å². The van der Waals surface area contributed by atoms with Crippen molar-refractivity contribution in [2.24, 2.45) is 5.92 Å². The smallest absolute Gasteiger partial charge is 0.147 e. The van der Waals surface area contributed by atoms with Crippen LogP contribution in [0.25, 0.3) is 0 Å². The van der Waals surface area contributed by atoms with Gasteiger partial charge in [-0.3, -0.25) is 4.90 Å². The van der Waals surface area contributed by atoms with E-state index in [1.807, 2.05) is 12.1 Å². The minimum Gasteiger partial charge on any atom is -0.376 e. The molecule has 5 saturated heterocycles. The molecular formula is C26H29N3O3. The third-order valence-electron chi connectivity index (χ3n) is 7.42. The lowest BCUT2D eigenvalue weighted by Crippen LogP contribution is -2.58. The summed E-state index contributed by atoms with van der Waals surface area (Å²) in [5, 5.41) is 11.3. The number of rotatable bonds is 3. The van der Waals surface area contributed by atoms with Crippen molar-refractivity contribution in [3.63, 3.8) is 0 Å². The highest BCUT2D eigenvalue weighted by molar-refractivity contribution is 5.50. The van der Waals surface area contributed by atoms with Crippen molar-refractivity contribution in [2.45, 2.75) is 37.1 Å². The molecule has 0 saturated carbocycles. The van der Waals surface area contributed by atoms with E-state index in [2.05, 4.69) is 52.0 Å². The van der Waals surface area contributed by atoms with Crippen LogP contribution in [0.4, 0.5) is 5.82 Å². The number of pyridine rings is 1. The molecule has 0 radical (unpaired) electrons. The maximum Gasteiger partial charge on any atom is 0.147 e. The first kappa shape index (κ1) is 20.2. The maximum absolute atomic E-state index is 11.3. The van der Waals surface area contributed by atoms with E-state index in [-0.39, 0.29) is 18.1 Å². The highest BCUT2D eigenvalue weighted by atomic mass is 16.7. The van der Waals surface area contributed by atoms with Gasteiger partial charge in [0.1, 0.15) is 30.4 Å². The van der Waals surface area contributed by atoms with Gasteiger partial charge in [-0.1, -0.05) is 42.2 Å². The Morgan fingerprint density at radius 3 is 2.47 bits per heavy atom. The van der Waals surface area contributed by atoms with E-state index >= 15 is 0 Å². The summed E-state index contributed by atoms with van der Waals surface area (Å²) < 4.78 is 11.3. The third kappa shape index (κ3) is 3.80. The second-order valence-corrected chi connectivity index (χ2v) is 9.48. The zero-order valence-corrected chi connectivity index (χ0v) is 18.2. The lowest BCUT2D eigenvalue weighted by Gasteiger charge is -2.47. The molecule has 6 heteroatoms. The normalized spacial score (nSPS) is 33.1. The number of ether oxygens (including phenoxy) is 2. The van der Waals surface area contributed by atoms with Gasteiger partial charge in [0.05, 0.1) is 5.69 Å². The summed E-state index contributed by atoms with van der Waals surface area (Å²) in [6.07, 6.45) is 3.02. The fraction of sp³-hybridized carbons (Fsp3) is 0.500. The standard InChI is InChI=1S/C26H29N3O3/c30-26(17-28-12-9-21(26)10-13-28)11-8-20-6-7-25(29-15-23-24(16-29)32-18-31-23)27-22(20)14-19-4-2-1-3-5-19/h1-7,21,23-24,30H,9-10,12-18H2/t23-,24+,26-/m1/s1. The number of anilines is 1. The summed E-state index contributed by atoms with van der Waals surface area (Å²) in [4.78, 5) is 9.60. The Hall–Kier alpha value is -2.43. The van der Waals surface area contributed by atoms with Crippen molar-refractivity contribution < 1.29 is 14.6 Å². The molecule has 1 aromatic heterocycles. The van der Waals surface area contributed by atoms with Crippen molar-refractivity contribution in [1.29, 1.82) is 0 Å². The molecule has 32 heavy (non-hydrogen) atoms. The molecule has 2 bridgehead atoms. The van der Waals surface area contributed by atoms with E-state index < -0.39 is 5.60 Å². The van der Waals surface area contributed by atoms with Gasteiger partial charge < -0.3 is 19.5 Å². The quantitative estimate of drug-likeness (QED) is 0.751. The molecule has 5 aliphatic heterocycles. The highest BCUT2D eigenvalue weighted by Gasteiger charge is 2.44. The van der Waals surface area contributed by atoms with E-state index in [4.69, 9.17) is 14.5 Å². The molecule has 6 heterocycles. The van der Waals surface area contributed by atoms with Crippen molar-refractivity contribution in [1.82, 2.24) is 9.88 Å². The molecule has 1 N–H and O–H groups in total. The van der Waals surface area contributed by atoms with Crippen molar-refractivity contribution in [3.05, 3.63) is 59.3 Å². The molecule has 166 valence electrons. The number of aliphatic hydroxyl groups is 1. The van der Waals surface area contributed by atoms with Crippen molar-refractivity contribution in [2.75, 3.05) is 44.4 Å². The first-order chi connectivity index (χ1) is 15.7. The number of piperidine rings is 3. The molecule has 0 spiro atoms. The Kier molecular flexibility index (Phi) is 5.15. The molecule has 2 aromatic rings. The van der Waals surface area contributed by atoms with Gasteiger partial charge in [-0.2, -0.15) is 0 Å². The topological polar surface area (TPSA) is 58.1 Å². The second kappa shape index (κ2) is 8.17. The lowest BCUT2D eigenvalue weighted by molar-refractivity contribution is -0.0713. The summed E-state index contributed by atoms with van der Waals surface area (Å²) >= 11 is 0. The molecule has 0 unspecified atom stereocenters. The third-order valence-corrected chi connectivity index (χ3v) is 7.42. The molecule has 0 aliphatic carbocycles. The second-order valence-electron chi connectivity index (χ2n) is 9.48. The van der Waals surface area contributed by atoms with Gasteiger partial charge in [-0.15, -0.1) is 0 Å². The molecule has 5 fully saturated rings. The minimum absolute atomic E-state index is 0.125. The Bertz CT molecular complexity index is 1030. The molecule has 7 rings (SSSR count). The molecule has 6 nitrogen and oxygen atoms in total. The predicted molar refractivity (Wildman–Crippen MR) is 121 cm³/mol. The Morgan fingerprint density at radius 1 is 1.03 bits per heavy atom. The van der Waals surface area contributed by atoms with Crippen LogP contribution in [0.3, 0.4) is 0 Å². The van der Waals surface area contributed by atoms with Gasteiger partial charge >= 0.3 is 0 Å². The minimum atomic E-state index is -0.916. The van der Waals surface area contributed by atoms with E-state index in [1.54, 1.807) is 0 Å². The van der Waals surface area contributed by atoms with Crippen LogP contribution >= 0.6 is 0 Å². The van der Waals surface area contributed by atoms with E-state index in [0.717, 1.165) is 56.1 Å². The SMILES string of the molecule is O[C@]1(C#Cc2ccc(N3C[C@@H]4OCO[C@@H]4C3)nc2Cc2ccccc2)CN2CCC1CC2. The van der Waals surface area contributed by atoms with E-state index in [1.165, 1.54) is 5.56 Å². The maximum atomic E-state index is 11.3. The van der Waals surface area contributed by atoms with Crippen LogP contribution < -0.4 is 4.90 Å². The van der Waals surface area contributed by atoms with Crippen LogP contribution in [0.5, 0.6) is 0 Å². The van der Waals surface area contributed by atoms with Crippen molar-refractivity contribution >= 4 is 5.82 Å². The fourth-order valence-electron chi connectivity index (χ4n) is 5.52. The Morgan fingerprint density at radius 2 is 1.78 bits per heavy atom. The Labute approximate surface area is 189 Å². The molecule has 3 atom stereocenters. The summed E-state index contributed by atoms with van der Waals surface area (Å²) in [6.45, 7) is 4.80. The first-order valence-electron chi connectivity index (χ1n) is 11.7. The van der Waals surface area contributed by atoms with E-state index in [9.17, 15) is 5.11 Å². The summed E-state index contributed by atoms with van der Waals surface area (Å²) in [5.41, 5.74) is 2.13. The zero-order chi connectivity index (χ0) is 21.5. The number of benzene rings is 1. The number of aromatic nitrogens is 1. The van der Waals surface area contributed by atoms with Crippen LogP contribution in [0.1, 0.15) is 29.7 Å². The molecule has 5 aliphatic rings. The van der Waals surface area contributed by atoms with Gasteiger partial charge in [-0.25, -0.2) is 4.98 Å². The average Bonchev–Trinajstić information content (AvgIpc) is 3.42. The monoisotopic (exact) mass is 431 g/mol. The number of nitrogens with zero attached hydrogens (tertiary/aromatic N) is 3. The molecular weight excluding hydrogens is 402 g/mol. The van der Waals surface area contributed by atoms with Crippen LogP contribution in [0.15, 0.2) is 42.5 Å². The van der Waals surface area contributed by atoms with Gasteiger partial charge in [-0.05, 0) is 43.6 Å². The van der Waals surface area contributed by atoms with Crippen LogP contribution in [-0.4, -0.2) is 72.3 Å². The Balaban J connectivity index is 1.31. The summed E-state index contributed by atoms with van der Waals surface area (Å²) in [7, 11) is 0. The van der Waals surface area contributed by atoms with Crippen molar-refractivity contribution in [3.8, 4) is 11.8 Å². The highest BCUT2D eigenvalue weighted by Crippen LogP contribution is 2.35. The fourth-order valence-corrected chi connectivity index (χ4v) is 5.52. The summed E-state index contributed by atoms with van der Waals surface area (Å²) in [6, 6.07) is 14.5. The predicted octanol–water partition coefficient (Wildman–Crippen LogP) is 2.04. The average molecular weight is 432 g/mol. The van der Waals surface area contributed by atoms with Crippen LogP contribution in [0, 0.1) is 17.8 Å². The first-order valence-corrected chi connectivity index (χ1v) is 11.7. The van der Waals surface area contributed by atoms with Crippen LogP contribution in [0.2, 0.25) is 0 Å². The molecule has 1 aromatic carbocycles.